The average Bonchev–Trinajstić information content (AvgIpc) is 1.88. The Bertz CT molecular complexity index is 132. The number of aliphatic imine (C=N–C) groups is 1. The number of rotatable bonds is 1. The van der Waals surface area contributed by atoms with Crippen LogP contribution in [0.5, 0.6) is 0 Å². The Labute approximate surface area is 61.0 Å². The van der Waals surface area contributed by atoms with Gasteiger partial charge >= 0.3 is 0 Å². The summed E-state index contributed by atoms with van der Waals surface area (Å²) in [7, 11) is 0. The number of hydrogen-bond acceptors (Lipinski definition) is 3. The van der Waals surface area contributed by atoms with Crippen LogP contribution in [0.15, 0.2) is 4.99 Å². The van der Waals surface area contributed by atoms with Crippen molar-refractivity contribution in [1.29, 1.82) is 0 Å². The van der Waals surface area contributed by atoms with Crippen molar-refractivity contribution >= 4 is 5.90 Å². The van der Waals surface area contributed by atoms with Gasteiger partial charge in [0.25, 0.3) is 0 Å². The maximum Gasteiger partial charge on any atom is 0.210 e. The van der Waals surface area contributed by atoms with Gasteiger partial charge in [0, 0.05) is 0 Å². The monoisotopic (exact) mass is 143 g/mol. The van der Waals surface area contributed by atoms with Crippen molar-refractivity contribution in [2.24, 2.45) is 4.99 Å². The molecule has 0 N–H and O–H groups in total. The third-order valence-electron chi connectivity index (χ3n) is 1.12. The van der Waals surface area contributed by atoms with Gasteiger partial charge in [0.15, 0.2) is 0 Å². The van der Waals surface area contributed by atoms with Crippen LogP contribution in [0.25, 0.3) is 0 Å². The maximum atomic E-state index is 5.32. The minimum absolute atomic E-state index is 0.209. The van der Waals surface area contributed by atoms with Crippen LogP contribution in [0, 0.1) is 0 Å². The molecule has 0 amide bonds. The van der Waals surface area contributed by atoms with Crippen molar-refractivity contribution in [3.63, 3.8) is 0 Å². The van der Waals surface area contributed by atoms with Gasteiger partial charge in [0.05, 0.1) is 19.3 Å². The lowest BCUT2D eigenvalue weighted by molar-refractivity contribution is 0.127. The first-order chi connectivity index (χ1) is 4.79. The SMILES string of the molecule is CC(C)OC1=NCCOC1. The fourth-order valence-corrected chi connectivity index (χ4v) is 0.783. The van der Waals surface area contributed by atoms with E-state index < -0.39 is 0 Å². The highest BCUT2D eigenvalue weighted by Crippen LogP contribution is 1.96. The molecule has 0 aliphatic carbocycles. The molecule has 0 aromatic rings. The quantitative estimate of drug-likeness (QED) is 0.544. The van der Waals surface area contributed by atoms with Crippen molar-refractivity contribution in [3.8, 4) is 0 Å². The first-order valence-corrected chi connectivity index (χ1v) is 3.57. The second kappa shape index (κ2) is 3.56. The van der Waals surface area contributed by atoms with Crippen LogP contribution < -0.4 is 0 Å². The Morgan fingerprint density at radius 1 is 1.60 bits per heavy atom. The minimum Gasteiger partial charge on any atom is -0.477 e. The molecule has 1 aliphatic rings. The van der Waals surface area contributed by atoms with Gasteiger partial charge in [0.2, 0.25) is 5.90 Å². The molecule has 0 spiro atoms. The number of hydrogen-bond donors (Lipinski definition) is 0. The third kappa shape index (κ3) is 2.35. The number of ether oxygens (including phenoxy) is 2. The normalized spacial score (nSPS) is 18.9. The van der Waals surface area contributed by atoms with E-state index in [4.69, 9.17) is 9.47 Å². The Morgan fingerprint density at radius 2 is 2.40 bits per heavy atom. The van der Waals surface area contributed by atoms with Gasteiger partial charge in [-0.25, -0.2) is 0 Å². The first-order valence-electron chi connectivity index (χ1n) is 3.57. The van der Waals surface area contributed by atoms with Crippen molar-refractivity contribution < 1.29 is 9.47 Å². The summed E-state index contributed by atoms with van der Waals surface area (Å²) in [4.78, 5) is 4.14. The zero-order valence-corrected chi connectivity index (χ0v) is 6.46. The smallest absolute Gasteiger partial charge is 0.210 e. The van der Waals surface area contributed by atoms with E-state index in [9.17, 15) is 0 Å². The van der Waals surface area contributed by atoms with Crippen LogP contribution in [-0.2, 0) is 9.47 Å². The van der Waals surface area contributed by atoms with Crippen LogP contribution in [0.1, 0.15) is 13.8 Å². The largest absolute Gasteiger partial charge is 0.477 e. The zero-order chi connectivity index (χ0) is 7.40. The predicted octanol–water partition coefficient (Wildman–Crippen LogP) is 0.840. The number of nitrogens with zero attached hydrogens (tertiary/aromatic N) is 1. The van der Waals surface area contributed by atoms with E-state index in [2.05, 4.69) is 4.99 Å². The summed E-state index contributed by atoms with van der Waals surface area (Å²) < 4.78 is 10.4. The molecule has 1 heterocycles. The molecule has 0 saturated carbocycles. The molecule has 0 aromatic heterocycles. The minimum atomic E-state index is 0.209. The zero-order valence-electron chi connectivity index (χ0n) is 6.46. The Morgan fingerprint density at radius 3 is 2.90 bits per heavy atom. The van der Waals surface area contributed by atoms with E-state index in [-0.39, 0.29) is 6.10 Å². The maximum absolute atomic E-state index is 5.32. The average molecular weight is 143 g/mol. The molecule has 3 nitrogen and oxygen atoms in total. The predicted molar refractivity (Wildman–Crippen MR) is 39.3 cm³/mol. The molecule has 0 unspecified atom stereocenters. The van der Waals surface area contributed by atoms with Crippen LogP contribution in [0.4, 0.5) is 0 Å². The molecule has 3 heteroatoms. The van der Waals surface area contributed by atoms with Gasteiger partial charge in [0.1, 0.15) is 6.61 Å². The van der Waals surface area contributed by atoms with E-state index in [0.717, 1.165) is 19.0 Å². The Kier molecular flexibility index (Phi) is 2.68. The highest BCUT2D eigenvalue weighted by atomic mass is 16.5. The fraction of sp³-hybridized carbons (Fsp3) is 0.857. The molecular weight excluding hydrogens is 130 g/mol. The first kappa shape index (κ1) is 7.54. The van der Waals surface area contributed by atoms with Gasteiger partial charge in [-0.3, -0.25) is 4.99 Å². The van der Waals surface area contributed by atoms with Crippen molar-refractivity contribution in [1.82, 2.24) is 0 Å². The molecule has 0 atom stereocenters. The Balaban J connectivity index is 2.31. The molecular formula is C7H13NO2. The summed E-state index contributed by atoms with van der Waals surface area (Å²) in [5, 5.41) is 0. The molecule has 0 bridgehead atoms. The van der Waals surface area contributed by atoms with Gasteiger partial charge in [-0.05, 0) is 13.8 Å². The second-order valence-electron chi connectivity index (χ2n) is 2.49. The van der Waals surface area contributed by atoms with Crippen LogP contribution in [0.2, 0.25) is 0 Å². The molecule has 58 valence electrons. The Hall–Kier alpha value is -0.570. The molecule has 0 saturated heterocycles. The summed E-state index contributed by atoms with van der Waals surface area (Å²) >= 11 is 0. The lowest BCUT2D eigenvalue weighted by atomic mass is 10.5. The topological polar surface area (TPSA) is 30.8 Å². The highest BCUT2D eigenvalue weighted by molar-refractivity contribution is 5.77. The van der Waals surface area contributed by atoms with Crippen LogP contribution in [0.3, 0.4) is 0 Å². The van der Waals surface area contributed by atoms with Crippen molar-refractivity contribution in [3.05, 3.63) is 0 Å². The van der Waals surface area contributed by atoms with E-state index in [1.165, 1.54) is 0 Å². The van der Waals surface area contributed by atoms with Crippen molar-refractivity contribution in [2.45, 2.75) is 20.0 Å². The van der Waals surface area contributed by atoms with Gasteiger partial charge in [-0.1, -0.05) is 0 Å². The van der Waals surface area contributed by atoms with Crippen molar-refractivity contribution in [2.75, 3.05) is 19.8 Å². The summed E-state index contributed by atoms with van der Waals surface area (Å²) in [5.74, 6) is 0.737. The van der Waals surface area contributed by atoms with E-state index in [1.54, 1.807) is 0 Å². The van der Waals surface area contributed by atoms with E-state index in [1.807, 2.05) is 13.8 Å². The molecule has 10 heavy (non-hydrogen) atoms. The lowest BCUT2D eigenvalue weighted by Gasteiger charge is -2.15. The second-order valence-corrected chi connectivity index (χ2v) is 2.49. The highest BCUT2D eigenvalue weighted by Gasteiger charge is 2.06. The van der Waals surface area contributed by atoms with Crippen LogP contribution >= 0.6 is 0 Å². The lowest BCUT2D eigenvalue weighted by Crippen LogP contribution is -2.23. The standard InChI is InChI=1S/C7H13NO2/c1-6(2)10-7-5-9-4-3-8-7/h6H,3-5H2,1-2H3. The third-order valence-corrected chi connectivity index (χ3v) is 1.12. The molecule has 0 aromatic carbocycles. The van der Waals surface area contributed by atoms with Gasteiger partial charge < -0.3 is 9.47 Å². The van der Waals surface area contributed by atoms with Gasteiger partial charge in [-0.2, -0.15) is 0 Å². The molecule has 1 aliphatic heterocycles. The summed E-state index contributed by atoms with van der Waals surface area (Å²) in [6.07, 6.45) is 0.209. The molecule has 0 fully saturated rings. The molecule has 0 radical (unpaired) electrons. The van der Waals surface area contributed by atoms with E-state index >= 15 is 0 Å². The van der Waals surface area contributed by atoms with E-state index in [0.29, 0.717) is 6.61 Å². The summed E-state index contributed by atoms with van der Waals surface area (Å²) in [6, 6.07) is 0. The molecule has 1 rings (SSSR count). The van der Waals surface area contributed by atoms with Crippen LogP contribution in [-0.4, -0.2) is 31.8 Å². The van der Waals surface area contributed by atoms with Gasteiger partial charge in [-0.15, -0.1) is 0 Å². The summed E-state index contributed by atoms with van der Waals surface area (Å²) in [6.45, 7) is 5.97. The summed E-state index contributed by atoms with van der Waals surface area (Å²) in [5.41, 5.74) is 0. The fourth-order valence-electron chi connectivity index (χ4n) is 0.783.